The summed E-state index contributed by atoms with van der Waals surface area (Å²) >= 11 is 0. The third-order valence-electron chi connectivity index (χ3n) is 3.85. The molecule has 1 aliphatic heterocycles. The van der Waals surface area contributed by atoms with Gasteiger partial charge in [0.05, 0.1) is 12.6 Å². The molecule has 1 fully saturated rings. The lowest BCUT2D eigenvalue weighted by molar-refractivity contribution is 0.255. The van der Waals surface area contributed by atoms with E-state index in [1.807, 2.05) is 0 Å². The highest BCUT2D eigenvalue weighted by Crippen LogP contribution is 2.27. The van der Waals surface area contributed by atoms with E-state index < -0.39 is 0 Å². The summed E-state index contributed by atoms with van der Waals surface area (Å²) in [5.74, 6) is 0. The van der Waals surface area contributed by atoms with Crippen molar-refractivity contribution in [2.75, 3.05) is 24.6 Å². The van der Waals surface area contributed by atoms with Crippen LogP contribution in [0.4, 0.5) is 5.69 Å². The van der Waals surface area contributed by atoms with Gasteiger partial charge in [-0.05, 0) is 37.9 Å². The van der Waals surface area contributed by atoms with Crippen LogP contribution in [0.25, 0.3) is 0 Å². The first kappa shape index (κ1) is 13.4. The molecule has 2 atom stereocenters. The van der Waals surface area contributed by atoms with E-state index in [0.29, 0.717) is 6.04 Å². The van der Waals surface area contributed by atoms with Crippen molar-refractivity contribution in [1.82, 2.24) is 5.32 Å². The maximum atomic E-state index is 9.65. The maximum Gasteiger partial charge on any atom is 0.0648 e. The standard InChI is InChI=1S/C15H24N2O/c1-3-13-6-4-5-7-15(13)17-12(2)8-9-16-10-14(17)11-18/h4-7,12,14,16,18H,3,8-11H2,1-2H3. The Morgan fingerprint density at radius 2 is 2.17 bits per heavy atom. The monoisotopic (exact) mass is 248 g/mol. The Hall–Kier alpha value is -1.06. The lowest BCUT2D eigenvalue weighted by Crippen LogP contribution is -2.46. The Morgan fingerprint density at radius 1 is 1.39 bits per heavy atom. The fourth-order valence-electron chi connectivity index (χ4n) is 2.83. The number of benzene rings is 1. The van der Waals surface area contributed by atoms with Crippen LogP contribution in [0.1, 0.15) is 25.8 Å². The van der Waals surface area contributed by atoms with Gasteiger partial charge in [-0.1, -0.05) is 25.1 Å². The number of para-hydroxylation sites is 1. The molecule has 0 amide bonds. The van der Waals surface area contributed by atoms with Gasteiger partial charge in [0.1, 0.15) is 0 Å². The van der Waals surface area contributed by atoms with Gasteiger partial charge in [-0.3, -0.25) is 0 Å². The average Bonchev–Trinajstić information content (AvgIpc) is 2.60. The smallest absolute Gasteiger partial charge is 0.0648 e. The van der Waals surface area contributed by atoms with Crippen molar-refractivity contribution in [3.05, 3.63) is 29.8 Å². The van der Waals surface area contributed by atoms with Crippen LogP contribution < -0.4 is 10.2 Å². The summed E-state index contributed by atoms with van der Waals surface area (Å²) in [5, 5.41) is 13.1. The predicted octanol–water partition coefficient (Wildman–Crippen LogP) is 1.80. The minimum absolute atomic E-state index is 0.176. The number of nitrogens with zero attached hydrogens (tertiary/aromatic N) is 1. The summed E-state index contributed by atoms with van der Waals surface area (Å²) in [7, 11) is 0. The zero-order valence-electron chi connectivity index (χ0n) is 11.4. The number of rotatable bonds is 3. The van der Waals surface area contributed by atoms with Crippen molar-refractivity contribution in [3.8, 4) is 0 Å². The molecule has 2 rings (SSSR count). The maximum absolute atomic E-state index is 9.65. The van der Waals surface area contributed by atoms with Crippen molar-refractivity contribution in [2.24, 2.45) is 0 Å². The van der Waals surface area contributed by atoms with Crippen LogP contribution in [0.2, 0.25) is 0 Å². The van der Waals surface area contributed by atoms with E-state index in [2.05, 4.69) is 48.3 Å². The highest BCUT2D eigenvalue weighted by atomic mass is 16.3. The summed E-state index contributed by atoms with van der Waals surface area (Å²) in [4.78, 5) is 2.40. The van der Waals surface area contributed by atoms with Crippen molar-refractivity contribution >= 4 is 5.69 Å². The normalized spacial score (nSPS) is 24.9. The second-order valence-electron chi connectivity index (χ2n) is 5.07. The van der Waals surface area contributed by atoms with Gasteiger partial charge in [0, 0.05) is 18.3 Å². The van der Waals surface area contributed by atoms with E-state index >= 15 is 0 Å². The quantitative estimate of drug-likeness (QED) is 0.856. The van der Waals surface area contributed by atoms with Crippen LogP contribution in [0, 0.1) is 0 Å². The number of anilines is 1. The van der Waals surface area contributed by atoms with Gasteiger partial charge < -0.3 is 15.3 Å². The summed E-state index contributed by atoms with van der Waals surface area (Å²) in [6.45, 7) is 6.53. The van der Waals surface area contributed by atoms with Crippen molar-refractivity contribution in [2.45, 2.75) is 38.8 Å². The largest absolute Gasteiger partial charge is 0.394 e. The van der Waals surface area contributed by atoms with Gasteiger partial charge >= 0.3 is 0 Å². The van der Waals surface area contributed by atoms with E-state index in [1.165, 1.54) is 11.3 Å². The molecular formula is C15H24N2O. The number of hydrogen-bond donors (Lipinski definition) is 2. The number of aliphatic hydroxyl groups is 1. The first-order chi connectivity index (χ1) is 8.77. The van der Waals surface area contributed by atoms with Crippen LogP contribution in [0.15, 0.2) is 24.3 Å². The molecule has 1 aromatic carbocycles. The van der Waals surface area contributed by atoms with Gasteiger partial charge in [0.25, 0.3) is 0 Å². The topological polar surface area (TPSA) is 35.5 Å². The molecule has 2 unspecified atom stereocenters. The summed E-state index contributed by atoms with van der Waals surface area (Å²) < 4.78 is 0. The van der Waals surface area contributed by atoms with Crippen molar-refractivity contribution in [3.63, 3.8) is 0 Å². The fourth-order valence-corrected chi connectivity index (χ4v) is 2.83. The minimum Gasteiger partial charge on any atom is -0.394 e. The molecule has 1 heterocycles. The zero-order valence-corrected chi connectivity index (χ0v) is 11.4. The SMILES string of the molecule is CCc1ccccc1N1C(C)CCNCC1CO. The van der Waals surface area contributed by atoms with Gasteiger partial charge in [-0.2, -0.15) is 0 Å². The Bertz CT molecular complexity index is 381. The Morgan fingerprint density at radius 3 is 2.89 bits per heavy atom. The lowest BCUT2D eigenvalue weighted by Gasteiger charge is -2.37. The average molecular weight is 248 g/mol. The number of aliphatic hydroxyl groups excluding tert-OH is 1. The molecule has 0 aromatic heterocycles. The molecule has 0 aliphatic carbocycles. The molecule has 1 aliphatic rings. The molecule has 0 bridgehead atoms. The molecule has 0 spiro atoms. The lowest BCUT2D eigenvalue weighted by atomic mass is 10.0. The molecule has 0 radical (unpaired) electrons. The van der Waals surface area contributed by atoms with Crippen LogP contribution in [-0.4, -0.2) is 36.9 Å². The van der Waals surface area contributed by atoms with E-state index in [0.717, 1.165) is 25.9 Å². The second-order valence-corrected chi connectivity index (χ2v) is 5.07. The highest BCUT2D eigenvalue weighted by molar-refractivity contribution is 5.55. The molecule has 2 N–H and O–H groups in total. The molecule has 0 saturated carbocycles. The Kier molecular flexibility index (Phi) is 4.61. The van der Waals surface area contributed by atoms with Gasteiger partial charge in [0.15, 0.2) is 0 Å². The summed E-state index contributed by atoms with van der Waals surface area (Å²) in [6.07, 6.45) is 2.15. The van der Waals surface area contributed by atoms with Crippen LogP contribution in [0.3, 0.4) is 0 Å². The second kappa shape index (κ2) is 6.21. The molecule has 3 nitrogen and oxygen atoms in total. The number of hydrogen-bond acceptors (Lipinski definition) is 3. The highest BCUT2D eigenvalue weighted by Gasteiger charge is 2.26. The third kappa shape index (κ3) is 2.68. The van der Waals surface area contributed by atoms with Gasteiger partial charge in [-0.25, -0.2) is 0 Å². The van der Waals surface area contributed by atoms with E-state index in [4.69, 9.17) is 0 Å². The predicted molar refractivity (Wildman–Crippen MR) is 76.1 cm³/mol. The molecule has 100 valence electrons. The van der Waals surface area contributed by atoms with Gasteiger partial charge in [0.2, 0.25) is 0 Å². The Balaban J connectivity index is 2.36. The van der Waals surface area contributed by atoms with Gasteiger partial charge in [-0.15, -0.1) is 0 Å². The zero-order chi connectivity index (χ0) is 13.0. The summed E-state index contributed by atoms with van der Waals surface area (Å²) in [5.41, 5.74) is 2.65. The molecule has 1 aromatic rings. The molecular weight excluding hydrogens is 224 g/mol. The first-order valence-electron chi connectivity index (χ1n) is 6.95. The molecule has 1 saturated heterocycles. The van der Waals surface area contributed by atoms with E-state index in [9.17, 15) is 5.11 Å². The Labute approximate surface area is 110 Å². The fraction of sp³-hybridized carbons (Fsp3) is 0.600. The minimum atomic E-state index is 0.176. The third-order valence-corrected chi connectivity index (χ3v) is 3.85. The van der Waals surface area contributed by atoms with Crippen molar-refractivity contribution in [1.29, 1.82) is 0 Å². The van der Waals surface area contributed by atoms with E-state index in [1.54, 1.807) is 0 Å². The first-order valence-corrected chi connectivity index (χ1v) is 6.95. The number of aryl methyl sites for hydroxylation is 1. The summed E-state index contributed by atoms with van der Waals surface area (Å²) in [6, 6.07) is 9.20. The molecule has 18 heavy (non-hydrogen) atoms. The van der Waals surface area contributed by atoms with Crippen LogP contribution in [-0.2, 0) is 6.42 Å². The number of nitrogens with one attached hydrogen (secondary N) is 1. The molecule has 3 heteroatoms. The van der Waals surface area contributed by atoms with Crippen molar-refractivity contribution < 1.29 is 5.11 Å². The van der Waals surface area contributed by atoms with Crippen LogP contribution in [0.5, 0.6) is 0 Å². The van der Waals surface area contributed by atoms with Crippen LogP contribution >= 0.6 is 0 Å². The van der Waals surface area contributed by atoms with E-state index in [-0.39, 0.29) is 12.6 Å².